The van der Waals surface area contributed by atoms with E-state index in [9.17, 15) is 0 Å². The van der Waals surface area contributed by atoms with Crippen LogP contribution in [0.4, 0.5) is 0 Å². The number of fused-ring (bicyclic) bond motifs is 1. The summed E-state index contributed by atoms with van der Waals surface area (Å²) in [6, 6.07) is 52.3. The normalized spacial score (nSPS) is 11.2. The van der Waals surface area contributed by atoms with E-state index in [2.05, 4.69) is 137 Å². The summed E-state index contributed by atoms with van der Waals surface area (Å²) in [4.78, 5) is 0. The van der Waals surface area contributed by atoms with Gasteiger partial charge in [-0.05, 0) is 52.6 Å². The van der Waals surface area contributed by atoms with Crippen molar-refractivity contribution < 1.29 is 13.9 Å². The quantitative estimate of drug-likeness (QED) is 0.135. The fourth-order valence-corrected chi connectivity index (χ4v) is 5.97. The van der Waals surface area contributed by atoms with Gasteiger partial charge in [0.05, 0.1) is 35.1 Å². The number of benzene rings is 6. The van der Waals surface area contributed by atoms with Crippen LogP contribution in [0.15, 0.2) is 164 Å². The topological polar surface area (TPSA) is 26.8 Å². The lowest BCUT2D eigenvalue weighted by Gasteiger charge is -2.17. The molecule has 0 aliphatic rings. The van der Waals surface area contributed by atoms with Gasteiger partial charge in [-0.3, -0.25) is 9.13 Å². The monoisotopic (exact) mass is 594 g/mol. The number of hydrogen-bond acceptors (Lipinski definition) is 1. The molecular formula is C41H30N4O. The van der Waals surface area contributed by atoms with Crippen LogP contribution in [0, 0.1) is 12.7 Å². The fraction of sp³-hybridized carbons (Fsp3) is 0.0244. The summed E-state index contributed by atoms with van der Waals surface area (Å²) in [5.41, 5.74) is 9.67. The van der Waals surface area contributed by atoms with Crippen molar-refractivity contribution in [2.45, 2.75) is 0 Å². The molecule has 0 radical (unpaired) electrons. The molecular weight excluding hydrogens is 564 g/mol. The van der Waals surface area contributed by atoms with E-state index in [1.54, 1.807) is 0 Å². The third-order valence-corrected chi connectivity index (χ3v) is 8.10. The van der Waals surface area contributed by atoms with Gasteiger partial charge < -0.3 is 13.9 Å². The van der Waals surface area contributed by atoms with Gasteiger partial charge in [-0.25, -0.2) is 0 Å². The molecule has 0 unspecified atom stereocenters. The molecule has 8 rings (SSSR count). The minimum absolute atomic E-state index is 0.740. The van der Waals surface area contributed by atoms with Crippen molar-refractivity contribution in [3.63, 3.8) is 0 Å². The molecule has 0 spiro atoms. The SMILES string of the molecule is C[n+]1[c-]n(-c2cccc(Oc3cccc(-n4[c-][n+](-c5c(-c6ccccc6)cccc5-c5ccccc5)c5ccccc54)c3)c2)cc1. The van der Waals surface area contributed by atoms with Gasteiger partial charge in [-0.1, -0.05) is 121 Å². The van der Waals surface area contributed by atoms with Gasteiger partial charge in [0.15, 0.2) is 0 Å². The van der Waals surface area contributed by atoms with Gasteiger partial charge in [-0.2, -0.15) is 0 Å². The first kappa shape index (κ1) is 27.4. The molecule has 0 fully saturated rings. The highest BCUT2D eigenvalue weighted by Gasteiger charge is 2.19. The van der Waals surface area contributed by atoms with E-state index < -0.39 is 0 Å². The van der Waals surface area contributed by atoms with Crippen LogP contribution in [-0.2, 0) is 7.05 Å². The Balaban J connectivity index is 1.25. The van der Waals surface area contributed by atoms with Crippen LogP contribution in [-0.4, -0.2) is 9.13 Å². The number of rotatable bonds is 7. The molecule has 2 aromatic heterocycles. The number of para-hydroxylation sites is 3. The Kier molecular flexibility index (Phi) is 6.97. The Morgan fingerprint density at radius 2 is 1.15 bits per heavy atom. The second kappa shape index (κ2) is 11.7. The smallest absolute Gasteiger partial charge is 0.269 e. The fourth-order valence-electron chi connectivity index (χ4n) is 5.97. The Morgan fingerprint density at radius 3 is 1.80 bits per heavy atom. The van der Waals surface area contributed by atoms with Gasteiger partial charge >= 0.3 is 0 Å². The standard InChI is InChI=1S/C41H30N4O/c1-42-25-26-43(29-42)33-17-10-19-35(27-33)46-36-20-11-18-34(28-36)44-30-45(40-24-9-8-23-39(40)44)41-37(31-13-4-2-5-14-31)21-12-22-38(41)32-15-6-3-7-16-32/h2-28H,1H3. The van der Waals surface area contributed by atoms with E-state index in [1.807, 2.05) is 65.0 Å². The van der Waals surface area contributed by atoms with E-state index in [0.29, 0.717) is 0 Å². The molecule has 0 saturated heterocycles. The molecule has 6 aromatic carbocycles. The number of nitrogens with zero attached hydrogens (tertiary/aromatic N) is 4. The average molecular weight is 595 g/mol. The van der Waals surface area contributed by atoms with Crippen LogP contribution in [0.1, 0.15) is 0 Å². The second-order valence-corrected chi connectivity index (χ2v) is 11.2. The van der Waals surface area contributed by atoms with Crippen LogP contribution in [0.25, 0.3) is 50.3 Å². The highest BCUT2D eigenvalue weighted by molar-refractivity contribution is 5.84. The van der Waals surface area contributed by atoms with Crippen molar-refractivity contribution >= 4 is 11.0 Å². The van der Waals surface area contributed by atoms with Crippen molar-refractivity contribution in [2.24, 2.45) is 7.05 Å². The lowest BCUT2D eigenvalue weighted by Crippen LogP contribution is -2.31. The average Bonchev–Trinajstić information content (AvgIpc) is 3.73. The summed E-state index contributed by atoms with van der Waals surface area (Å²) in [5, 5.41) is 0. The van der Waals surface area contributed by atoms with E-state index >= 15 is 0 Å². The van der Waals surface area contributed by atoms with Crippen molar-refractivity contribution in [3.8, 4) is 50.8 Å². The van der Waals surface area contributed by atoms with Gasteiger partial charge in [0.25, 0.3) is 6.33 Å². The molecule has 0 aliphatic carbocycles. The number of imidazole rings is 2. The summed E-state index contributed by atoms with van der Waals surface area (Å²) in [6.07, 6.45) is 10.9. The maximum absolute atomic E-state index is 6.40. The highest BCUT2D eigenvalue weighted by Crippen LogP contribution is 2.34. The van der Waals surface area contributed by atoms with E-state index in [1.165, 1.54) is 0 Å². The third-order valence-electron chi connectivity index (χ3n) is 8.10. The molecule has 0 amide bonds. The lowest BCUT2D eigenvalue weighted by molar-refractivity contribution is -0.674. The Bertz CT molecular complexity index is 2240. The predicted molar refractivity (Wildman–Crippen MR) is 180 cm³/mol. The maximum atomic E-state index is 6.40. The second-order valence-electron chi connectivity index (χ2n) is 11.2. The molecule has 0 N–H and O–H groups in total. The van der Waals surface area contributed by atoms with Crippen molar-refractivity contribution in [2.75, 3.05) is 0 Å². The molecule has 0 aliphatic heterocycles. The Morgan fingerprint density at radius 1 is 0.565 bits per heavy atom. The summed E-state index contributed by atoms with van der Waals surface area (Å²) in [7, 11) is 1.96. The van der Waals surface area contributed by atoms with Crippen LogP contribution in [0.3, 0.4) is 0 Å². The summed E-state index contributed by atoms with van der Waals surface area (Å²) < 4.78 is 14.5. The molecule has 220 valence electrons. The number of hydrogen-bond donors (Lipinski definition) is 0. The minimum atomic E-state index is 0.740. The van der Waals surface area contributed by atoms with E-state index in [0.717, 1.165) is 61.8 Å². The molecule has 5 nitrogen and oxygen atoms in total. The molecule has 5 heteroatoms. The first-order chi connectivity index (χ1) is 22.7. The van der Waals surface area contributed by atoms with Crippen LogP contribution in [0.2, 0.25) is 0 Å². The zero-order chi connectivity index (χ0) is 30.9. The maximum Gasteiger partial charge on any atom is 0.269 e. The summed E-state index contributed by atoms with van der Waals surface area (Å²) in [6.45, 7) is 0. The van der Waals surface area contributed by atoms with Crippen molar-refractivity contribution in [1.29, 1.82) is 0 Å². The zero-order valence-electron chi connectivity index (χ0n) is 25.3. The summed E-state index contributed by atoms with van der Waals surface area (Å²) >= 11 is 0. The largest absolute Gasteiger partial charge is 0.459 e. The van der Waals surface area contributed by atoms with E-state index in [-0.39, 0.29) is 0 Å². The first-order valence-electron chi connectivity index (χ1n) is 15.3. The van der Waals surface area contributed by atoms with Gasteiger partial charge in [0, 0.05) is 12.4 Å². The van der Waals surface area contributed by atoms with Crippen LogP contribution in [0.5, 0.6) is 11.5 Å². The van der Waals surface area contributed by atoms with Gasteiger partial charge in [0.1, 0.15) is 11.5 Å². The molecule has 2 heterocycles. The Hall–Kier alpha value is -6.20. The number of ether oxygens (including phenoxy) is 1. The summed E-state index contributed by atoms with van der Waals surface area (Å²) in [5.74, 6) is 1.49. The van der Waals surface area contributed by atoms with Crippen LogP contribution < -0.4 is 13.9 Å². The predicted octanol–water partition coefficient (Wildman–Crippen LogP) is 8.25. The third kappa shape index (κ3) is 5.14. The number of aryl methyl sites for hydroxylation is 1. The highest BCUT2D eigenvalue weighted by atomic mass is 16.5. The lowest BCUT2D eigenvalue weighted by atomic mass is 9.95. The van der Waals surface area contributed by atoms with Crippen molar-refractivity contribution in [3.05, 3.63) is 177 Å². The van der Waals surface area contributed by atoms with Gasteiger partial charge in [0.2, 0.25) is 6.33 Å². The van der Waals surface area contributed by atoms with Crippen LogP contribution >= 0.6 is 0 Å². The van der Waals surface area contributed by atoms with Gasteiger partial charge in [-0.15, -0.1) is 0 Å². The molecule has 0 bridgehead atoms. The Labute approximate surface area is 268 Å². The molecule has 8 aromatic rings. The zero-order valence-corrected chi connectivity index (χ0v) is 25.3. The molecule has 0 atom stereocenters. The molecule has 46 heavy (non-hydrogen) atoms. The van der Waals surface area contributed by atoms with E-state index in [4.69, 9.17) is 4.74 Å². The number of aromatic nitrogens is 4. The van der Waals surface area contributed by atoms with Crippen molar-refractivity contribution in [1.82, 2.24) is 9.13 Å². The minimum Gasteiger partial charge on any atom is -0.459 e. The first-order valence-corrected chi connectivity index (χ1v) is 15.3. The molecule has 0 saturated carbocycles.